The third kappa shape index (κ3) is 3.53. The molecule has 7 heteroatoms. The predicted octanol–water partition coefficient (Wildman–Crippen LogP) is 2.55. The van der Waals surface area contributed by atoms with Gasteiger partial charge in [-0.3, -0.25) is 9.59 Å². The van der Waals surface area contributed by atoms with Gasteiger partial charge in [0, 0.05) is 18.7 Å². The first-order chi connectivity index (χ1) is 9.79. The first kappa shape index (κ1) is 15.3. The normalized spacial score (nSPS) is 14.1. The number of alkyl halides is 3. The maximum atomic E-state index is 12.5. The van der Waals surface area contributed by atoms with Crippen LogP contribution in [0.5, 0.6) is 0 Å². The van der Waals surface area contributed by atoms with Gasteiger partial charge in [-0.05, 0) is 36.5 Å². The highest BCUT2D eigenvalue weighted by Gasteiger charge is 2.44. The fourth-order valence-electron chi connectivity index (χ4n) is 2.42. The summed E-state index contributed by atoms with van der Waals surface area (Å²) in [6.45, 7) is 0.0201. The summed E-state index contributed by atoms with van der Waals surface area (Å²) in [5, 5.41) is 8.57. The molecule has 2 rings (SSSR count). The summed E-state index contributed by atoms with van der Waals surface area (Å²) in [5.41, 5.74) is 1.86. The number of fused-ring (bicyclic) bond motifs is 1. The Balaban J connectivity index is 2.10. The molecule has 0 aromatic heterocycles. The minimum absolute atomic E-state index is 0.0201. The number of hydrogen-bond acceptors (Lipinski definition) is 2. The van der Waals surface area contributed by atoms with Gasteiger partial charge in [0.2, 0.25) is 0 Å². The molecule has 1 aromatic rings. The van der Waals surface area contributed by atoms with Crippen LogP contribution in [0.3, 0.4) is 0 Å². The van der Waals surface area contributed by atoms with Crippen LogP contribution in [0.2, 0.25) is 0 Å². The Labute approximate surface area is 119 Å². The molecular formula is C14H14F3NO3. The second kappa shape index (κ2) is 5.75. The van der Waals surface area contributed by atoms with Gasteiger partial charge in [0.1, 0.15) is 0 Å². The van der Waals surface area contributed by atoms with Crippen LogP contribution in [-0.2, 0) is 22.4 Å². The lowest BCUT2D eigenvalue weighted by Crippen LogP contribution is -2.40. The Morgan fingerprint density at radius 1 is 1.29 bits per heavy atom. The van der Waals surface area contributed by atoms with E-state index < -0.39 is 18.1 Å². The van der Waals surface area contributed by atoms with E-state index in [2.05, 4.69) is 0 Å². The molecule has 0 bridgehead atoms. The molecule has 114 valence electrons. The summed E-state index contributed by atoms with van der Waals surface area (Å²) in [4.78, 5) is 22.5. The van der Waals surface area contributed by atoms with Crippen molar-refractivity contribution in [2.24, 2.45) is 0 Å². The monoisotopic (exact) mass is 301 g/mol. The van der Waals surface area contributed by atoms with Crippen molar-refractivity contribution >= 4 is 17.6 Å². The van der Waals surface area contributed by atoms with Crippen LogP contribution in [-0.4, -0.2) is 29.7 Å². The Bertz CT molecular complexity index is 569. The van der Waals surface area contributed by atoms with Crippen molar-refractivity contribution in [1.82, 2.24) is 0 Å². The van der Waals surface area contributed by atoms with Gasteiger partial charge >= 0.3 is 18.1 Å². The van der Waals surface area contributed by atoms with E-state index in [-0.39, 0.29) is 13.0 Å². The average molecular weight is 301 g/mol. The molecule has 0 saturated carbocycles. The van der Waals surface area contributed by atoms with Crippen molar-refractivity contribution in [3.63, 3.8) is 0 Å². The quantitative estimate of drug-likeness (QED) is 0.930. The third-order valence-corrected chi connectivity index (χ3v) is 3.38. The average Bonchev–Trinajstić information content (AvgIpc) is 2.79. The van der Waals surface area contributed by atoms with Gasteiger partial charge in [0.15, 0.2) is 0 Å². The molecule has 0 saturated heterocycles. The van der Waals surface area contributed by atoms with E-state index >= 15 is 0 Å². The van der Waals surface area contributed by atoms with E-state index in [1.165, 1.54) is 6.07 Å². The Morgan fingerprint density at radius 3 is 2.62 bits per heavy atom. The lowest BCUT2D eigenvalue weighted by molar-refractivity contribution is -0.170. The van der Waals surface area contributed by atoms with Gasteiger partial charge in [-0.15, -0.1) is 0 Å². The first-order valence-electron chi connectivity index (χ1n) is 6.51. The number of halogens is 3. The number of carboxylic acids is 1. The highest BCUT2D eigenvalue weighted by atomic mass is 19.4. The summed E-state index contributed by atoms with van der Waals surface area (Å²) in [5.74, 6) is -2.72. The third-order valence-electron chi connectivity index (χ3n) is 3.38. The van der Waals surface area contributed by atoms with Crippen LogP contribution < -0.4 is 4.90 Å². The number of carbonyl (C=O) groups is 2. The largest absolute Gasteiger partial charge is 0.481 e. The molecule has 21 heavy (non-hydrogen) atoms. The zero-order valence-corrected chi connectivity index (χ0v) is 11.1. The van der Waals surface area contributed by atoms with Crippen LogP contribution in [0.25, 0.3) is 0 Å². The highest BCUT2D eigenvalue weighted by Crippen LogP contribution is 2.32. The van der Waals surface area contributed by atoms with Crippen molar-refractivity contribution in [3.05, 3.63) is 29.3 Å². The van der Waals surface area contributed by atoms with Gasteiger partial charge in [-0.25, -0.2) is 0 Å². The van der Waals surface area contributed by atoms with E-state index in [4.69, 9.17) is 5.11 Å². The van der Waals surface area contributed by atoms with Gasteiger partial charge in [-0.1, -0.05) is 12.1 Å². The Kier molecular flexibility index (Phi) is 4.20. The number of benzene rings is 1. The van der Waals surface area contributed by atoms with Crippen molar-refractivity contribution < 1.29 is 27.9 Å². The van der Waals surface area contributed by atoms with Crippen molar-refractivity contribution in [3.8, 4) is 0 Å². The second-order valence-electron chi connectivity index (χ2n) is 4.91. The number of rotatable bonds is 4. The number of hydrogen-bond donors (Lipinski definition) is 1. The van der Waals surface area contributed by atoms with Gasteiger partial charge in [0.05, 0.1) is 0 Å². The van der Waals surface area contributed by atoms with Crippen LogP contribution in [0.4, 0.5) is 18.9 Å². The molecule has 0 aliphatic carbocycles. The lowest BCUT2D eigenvalue weighted by Gasteiger charge is -2.18. The molecule has 0 fully saturated rings. The van der Waals surface area contributed by atoms with Crippen LogP contribution in [0.15, 0.2) is 18.2 Å². The molecular weight excluding hydrogens is 287 g/mol. The molecule has 0 spiro atoms. The molecule has 1 heterocycles. The highest BCUT2D eigenvalue weighted by molar-refractivity contribution is 5.99. The van der Waals surface area contributed by atoms with Crippen molar-refractivity contribution in [1.29, 1.82) is 0 Å². The lowest BCUT2D eigenvalue weighted by atomic mass is 10.0. The SMILES string of the molecule is O=C(O)CCCc1ccc2c(c1)CCN2C(=O)C(F)(F)F. The van der Waals surface area contributed by atoms with Crippen LogP contribution in [0.1, 0.15) is 24.0 Å². The van der Waals surface area contributed by atoms with E-state index in [0.717, 1.165) is 10.5 Å². The molecule has 1 N–H and O–H groups in total. The Hall–Kier alpha value is -2.05. The van der Waals surface area contributed by atoms with E-state index in [1.54, 1.807) is 12.1 Å². The molecule has 1 aliphatic heterocycles. The standard InChI is InChI=1S/C14H14F3NO3/c15-14(16,17)13(21)18-7-6-10-8-9(4-5-11(10)18)2-1-3-12(19)20/h4-5,8H,1-3,6-7H2,(H,19,20). The predicted molar refractivity (Wildman–Crippen MR) is 69.1 cm³/mol. The number of nitrogens with zero attached hydrogens (tertiary/aromatic N) is 1. The smallest absolute Gasteiger partial charge is 0.471 e. The second-order valence-corrected chi connectivity index (χ2v) is 4.91. The fraction of sp³-hybridized carbons (Fsp3) is 0.429. The number of aryl methyl sites for hydroxylation is 1. The number of amides is 1. The summed E-state index contributed by atoms with van der Waals surface area (Å²) in [6, 6.07) is 4.89. The van der Waals surface area contributed by atoms with Crippen molar-refractivity contribution in [2.45, 2.75) is 31.9 Å². The van der Waals surface area contributed by atoms with Gasteiger partial charge < -0.3 is 10.0 Å². The van der Waals surface area contributed by atoms with Gasteiger partial charge in [-0.2, -0.15) is 13.2 Å². The topological polar surface area (TPSA) is 57.6 Å². The maximum Gasteiger partial charge on any atom is 0.471 e. The molecule has 1 aromatic carbocycles. The molecule has 0 radical (unpaired) electrons. The zero-order valence-electron chi connectivity index (χ0n) is 11.1. The minimum atomic E-state index is -4.87. The van der Waals surface area contributed by atoms with E-state index in [9.17, 15) is 22.8 Å². The molecule has 4 nitrogen and oxygen atoms in total. The summed E-state index contributed by atoms with van der Waals surface area (Å²) in [6.07, 6.45) is -3.42. The van der Waals surface area contributed by atoms with E-state index in [0.29, 0.717) is 30.5 Å². The number of anilines is 1. The molecule has 0 atom stereocenters. The molecule has 0 unspecified atom stereocenters. The van der Waals surface area contributed by atoms with Crippen LogP contribution >= 0.6 is 0 Å². The molecule has 1 amide bonds. The van der Waals surface area contributed by atoms with Crippen molar-refractivity contribution in [2.75, 3.05) is 11.4 Å². The summed E-state index contributed by atoms with van der Waals surface area (Å²) < 4.78 is 37.4. The number of aliphatic carboxylic acids is 1. The van der Waals surface area contributed by atoms with E-state index in [1.807, 2.05) is 0 Å². The number of carbonyl (C=O) groups excluding carboxylic acids is 1. The first-order valence-corrected chi connectivity index (χ1v) is 6.51. The summed E-state index contributed by atoms with van der Waals surface area (Å²) >= 11 is 0. The fourth-order valence-corrected chi connectivity index (χ4v) is 2.42. The number of carboxylic acid groups (broad SMARTS) is 1. The van der Waals surface area contributed by atoms with Crippen LogP contribution in [0, 0.1) is 0 Å². The maximum absolute atomic E-state index is 12.5. The zero-order chi connectivity index (χ0) is 15.6. The molecule has 1 aliphatic rings. The van der Waals surface area contributed by atoms with Gasteiger partial charge in [0.25, 0.3) is 0 Å². The minimum Gasteiger partial charge on any atom is -0.481 e. The Morgan fingerprint density at radius 2 is 2.00 bits per heavy atom. The summed E-state index contributed by atoms with van der Waals surface area (Å²) in [7, 11) is 0.